The maximum absolute atomic E-state index is 13.7. The number of aliphatic imine (C=N–C) groups is 1. The number of benzene rings is 1. The number of aryl methyl sites for hydroxylation is 1. The van der Waals surface area contributed by atoms with Gasteiger partial charge < -0.3 is 10.6 Å². The summed E-state index contributed by atoms with van der Waals surface area (Å²) in [5.74, 6) is 0.477. The zero-order valence-corrected chi connectivity index (χ0v) is 17.6. The lowest BCUT2D eigenvalue weighted by Gasteiger charge is -2.18. The Kier molecular flexibility index (Phi) is 9.13. The van der Waals surface area contributed by atoms with Crippen LogP contribution in [0.15, 0.2) is 41.5 Å². The van der Waals surface area contributed by atoms with E-state index in [9.17, 15) is 4.39 Å². The van der Waals surface area contributed by atoms with Gasteiger partial charge in [0, 0.05) is 19.8 Å². The molecule has 1 atom stereocenters. The van der Waals surface area contributed by atoms with E-state index in [-0.39, 0.29) is 35.8 Å². The Balaban J connectivity index is 0.00000312. The topological polar surface area (TPSA) is 49.3 Å². The number of hydrogen-bond acceptors (Lipinski definition) is 2. The lowest BCUT2D eigenvalue weighted by atomic mass is 10.1. The van der Waals surface area contributed by atoms with Crippen molar-refractivity contribution >= 4 is 41.5 Å². The van der Waals surface area contributed by atoms with Gasteiger partial charge in [-0.3, -0.25) is 4.99 Å². The molecule has 7 heteroatoms. The largest absolute Gasteiger partial charge is 0.356 e. The van der Waals surface area contributed by atoms with E-state index in [0.717, 1.165) is 17.5 Å². The number of guanidine groups is 1. The van der Waals surface area contributed by atoms with Crippen molar-refractivity contribution < 1.29 is 4.39 Å². The van der Waals surface area contributed by atoms with Gasteiger partial charge in [0.25, 0.3) is 0 Å². The van der Waals surface area contributed by atoms with Crippen molar-refractivity contribution in [3.63, 3.8) is 0 Å². The fraction of sp³-hybridized carbons (Fsp3) is 0.333. The minimum Gasteiger partial charge on any atom is -0.356 e. The molecule has 25 heavy (non-hydrogen) atoms. The van der Waals surface area contributed by atoms with Gasteiger partial charge in [-0.1, -0.05) is 29.8 Å². The van der Waals surface area contributed by atoms with E-state index >= 15 is 0 Å². The zero-order chi connectivity index (χ0) is 17.5. The molecule has 0 aliphatic heterocycles. The third-order valence-corrected chi connectivity index (χ3v) is 3.99. The van der Waals surface area contributed by atoms with E-state index in [2.05, 4.69) is 20.6 Å². The lowest BCUT2D eigenvalue weighted by Crippen LogP contribution is -2.39. The quantitative estimate of drug-likeness (QED) is 0.293. The van der Waals surface area contributed by atoms with Gasteiger partial charge in [0.2, 0.25) is 0 Å². The first-order valence-corrected chi connectivity index (χ1v) is 8.21. The maximum Gasteiger partial charge on any atom is 0.191 e. The van der Waals surface area contributed by atoms with Crippen molar-refractivity contribution in [2.75, 3.05) is 13.6 Å². The minimum absolute atomic E-state index is 0. The highest BCUT2D eigenvalue weighted by atomic mass is 127. The van der Waals surface area contributed by atoms with Crippen molar-refractivity contribution in [1.82, 2.24) is 15.6 Å². The summed E-state index contributed by atoms with van der Waals surface area (Å²) >= 11 is 5.77. The lowest BCUT2D eigenvalue weighted by molar-refractivity contribution is 0.607. The van der Waals surface area contributed by atoms with Gasteiger partial charge in [0.1, 0.15) is 11.0 Å². The number of nitrogens with one attached hydrogen (secondary N) is 2. The molecule has 0 radical (unpaired) electrons. The van der Waals surface area contributed by atoms with Crippen LogP contribution in [0.3, 0.4) is 0 Å². The maximum atomic E-state index is 13.7. The summed E-state index contributed by atoms with van der Waals surface area (Å²) < 4.78 is 13.7. The highest BCUT2D eigenvalue weighted by Crippen LogP contribution is 2.16. The molecule has 1 aromatic carbocycles. The van der Waals surface area contributed by atoms with Crippen LogP contribution in [0.4, 0.5) is 4.39 Å². The van der Waals surface area contributed by atoms with Crippen LogP contribution in [-0.2, 0) is 6.42 Å². The van der Waals surface area contributed by atoms with Gasteiger partial charge >= 0.3 is 0 Å². The van der Waals surface area contributed by atoms with Crippen LogP contribution in [0.2, 0.25) is 5.15 Å². The second kappa shape index (κ2) is 10.6. The third-order valence-electron chi connectivity index (χ3n) is 3.77. The molecule has 1 aromatic heterocycles. The van der Waals surface area contributed by atoms with Crippen LogP contribution in [0.5, 0.6) is 0 Å². The standard InChI is InChI=1S/C18H22ClFN4.HI/c1-12-4-6-15(10-16(12)20)13(2)24-18(21-3)22-9-8-14-5-7-17(19)23-11-14;/h4-7,10-11,13H,8-9H2,1-3H3,(H2,21,22,24);1H. The van der Waals surface area contributed by atoms with E-state index in [4.69, 9.17) is 11.6 Å². The summed E-state index contributed by atoms with van der Waals surface area (Å²) in [7, 11) is 1.71. The van der Waals surface area contributed by atoms with Crippen LogP contribution >= 0.6 is 35.6 Å². The smallest absolute Gasteiger partial charge is 0.191 e. The van der Waals surface area contributed by atoms with E-state index in [1.165, 1.54) is 0 Å². The van der Waals surface area contributed by atoms with Gasteiger partial charge in [0.05, 0.1) is 6.04 Å². The molecule has 0 spiro atoms. The van der Waals surface area contributed by atoms with E-state index in [1.54, 1.807) is 38.4 Å². The summed E-state index contributed by atoms with van der Waals surface area (Å²) in [5, 5.41) is 6.99. The van der Waals surface area contributed by atoms with Crippen molar-refractivity contribution in [2.45, 2.75) is 26.3 Å². The number of aromatic nitrogens is 1. The molecule has 0 bridgehead atoms. The fourth-order valence-corrected chi connectivity index (χ4v) is 2.35. The van der Waals surface area contributed by atoms with Crippen LogP contribution in [0.1, 0.15) is 29.7 Å². The second-order valence-corrected chi connectivity index (χ2v) is 6.00. The van der Waals surface area contributed by atoms with E-state index in [1.807, 2.05) is 19.1 Å². The molecule has 0 amide bonds. The summed E-state index contributed by atoms with van der Waals surface area (Å²) in [4.78, 5) is 8.26. The van der Waals surface area contributed by atoms with Crippen molar-refractivity contribution in [2.24, 2.45) is 4.99 Å². The summed E-state index contributed by atoms with van der Waals surface area (Å²) in [6.45, 7) is 4.43. The average molecular weight is 477 g/mol. The molecule has 2 aromatic rings. The monoisotopic (exact) mass is 476 g/mol. The number of hydrogen-bond donors (Lipinski definition) is 2. The molecule has 2 rings (SSSR count). The van der Waals surface area contributed by atoms with Crippen molar-refractivity contribution in [3.8, 4) is 0 Å². The van der Waals surface area contributed by atoms with Crippen LogP contribution in [0.25, 0.3) is 0 Å². The Morgan fingerprint density at radius 3 is 2.68 bits per heavy atom. The predicted octanol–water partition coefficient (Wildman–Crippen LogP) is 4.27. The first-order chi connectivity index (χ1) is 11.5. The molecule has 4 nitrogen and oxygen atoms in total. The SMILES string of the molecule is CN=C(NCCc1ccc(Cl)nc1)NC(C)c1ccc(C)c(F)c1.I. The molecule has 0 saturated heterocycles. The molecule has 0 saturated carbocycles. The predicted molar refractivity (Wildman–Crippen MR) is 112 cm³/mol. The van der Waals surface area contributed by atoms with Gasteiger partial charge in [-0.05, 0) is 49.1 Å². The summed E-state index contributed by atoms with van der Waals surface area (Å²) in [5.41, 5.74) is 2.61. The Morgan fingerprint density at radius 2 is 2.08 bits per heavy atom. The molecule has 136 valence electrons. The van der Waals surface area contributed by atoms with Crippen molar-refractivity contribution in [3.05, 3.63) is 64.2 Å². The number of pyridine rings is 1. The molecule has 2 N–H and O–H groups in total. The zero-order valence-electron chi connectivity index (χ0n) is 14.5. The number of nitrogens with zero attached hydrogens (tertiary/aromatic N) is 2. The van der Waals surface area contributed by atoms with Gasteiger partial charge in [-0.15, -0.1) is 24.0 Å². The molecule has 1 unspecified atom stereocenters. The molecular weight excluding hydrogens is 454 g/mol. The van der Waals surface area contributed by atoms with Crippen LogP contribution in [0, 0.1) is 12.7 Å². The van der Waals surface area contributed by atoms with E-state index < -0.39 is 0 Å². The van der Waals surface area contributed by atoms with Gasteiger partial charge in [0.15, 0.2) is 5.96 Å². The second-order valence-electron chi connectivity index (χ2n) is 5.61. The highest BCUT2D eigenvalue weighted by Gasteiger charge is 2.09. The summed E-state index contributed by atoms with van der Waals surface area (Å²) in [6.07, 6.45) is 2.57. The molecule has 0 aliphatic carbocycles. The Hall–Kier alpha value is -1.41. The molecule has 0 fully saturated rings. The highest BCUT2D eigenvalue weighted by molar-refractivity contribution is 14.0. The molecule has 0 aliphatic rings. The number of halogens is 3. The van der Waals surface area contributed by atoms with E-state index in [0.29, 0.717) is 23.2 Å². The fourth-order valence-electron chi connectivity index (χ4n) is 2.24. The van der Waals surface area contributed by atoms with Gasteiger partial charge in [-0.25, -0.2) is 9.37 Å². The average Bonchev–Trinajstić information content (AvgIpc) is 2.58. The minimum atomic E-state index is -0.195. The molecule has 1 heterocycles. The third kappa shape index (κ3) is 6.78. The first kappa shape index (κ1) is 21.6. The van der Waals surface area contributed by atoms with Gasteiger partial charge in [-0.2, -0.15) is 0 Å². The van der Waals surface area contributed by atoms with Crippen molar-refractivity contribution in [1.29, 1.82) is 0 Å². The van der Waals surface area contributed by atoms with Crippen LogP contribution in [-0.4, -0.2) is 24.5 Å². The normalized spacial score (nSPS) is 12.3. The summed E-state index contributed by atoms with van der Waals surface area (Å²) in [6, 6.07) is 8.93. The first-order valence-electron chi connectivity index (χ1n) is 7.83. The number of rotatable bonds is 5. The Morgan fingerprint density at radius 1 is 1.32 bits per heavy atom. The Bertz CT molecular complexity index is 707. The van der Waals surface area contributed by atoms with Crippen LogP contribution < -0.4 is 10.6 Å². The Labute approximate surface area is 170 Å². The molecular formula is C18H23ClFIN4.